The fraction of sp³-hybridized carbons (Fsp3) is 0.711. The number of nitrogens with one attached hydrogen (secondary N) is 2. The van der Waals surface area contributed by atoms with E-state index in [0.717, 1.165) is 86.7 Å². The van der Waals surface area contributed by atoms with Gasteiger partial charge in [0.15, 0.2) is 0 Å². The highest BCUT2D eigenvalue weighted by Crippen LogP contribution is 2.43. The van der Waals surface area contributed by atoms with Crippen molar-refractivity contribution in [1.29, 1.82) is 0 Å². The van der Waals surface area contributed by atoms with Gasteiger partial charge in [-0.2, -0.15) is 32.0 Å². The Bertz CT molecular complexity index is 4170. The lowest BCUT2D eigenvalue weighted by Gasteiger charge is -2.31. The highest BCUT2D eigenvalue weighted by molar-refractivity contribution is 7.81. The number of allylic oxidation sites excluding steroid dienone is 1. The Labute approximate surface area is 754 Å². The summed E-state index contributed by atoms with van der Waals surface area (Å²) in [6.07, 6.45) is 23.9. The standard InChI is InChI=1S/C14H16N2O4.2C13H19N5O6S.C9H16O2.C9H14O2.2C7H14N2O.C5H8O2.C5H8O.CH4.H4N2.H2O/c17-13(18)12-7-6-11-8-15(12)14(19)16(11)20-9-10-4-2-1-3-5-10;2*14-8-3-7(4-8)5-11-15-16-12(23-11)10-2-1-9-6-17(10)13(19)18(9)24-25(20,21)22;2*1-3-11-9(10)6-8-4-7(2)5-8;2*1-5-2-6(3-5)4-7(10)9-8;1-3-5(6)7-4-2;1-4-2-5(6)3-4;;1-2;/h1-5,11-12H,6-9H2,(H,17,18);2*7-10H,1-6,14H2,(H,20,21,22);7-8H,3-6H2,1-2H3;6-7H,3-5H2,1-2H3;2*5-6H,2-4,8H2,1H3,(H,9,10);3H,1,4H2,2H3;4H,2-3H2,1H3;1H4;1-2H2;1H2/t11-,12+;2*7?,8?,9-,10+;;;;;;;;;/m111........./s1. The molecule has 8 amide bonds. The van der Waals surface area contributed by atoms with Crippen molar-refractivity contribution >= 4 is 80.4 Å². The smallest absolute Gasteiger partial charge is 0.418 e. The molecule has 7 aliphatic carbocycles. The number of fused-ring (bicyclic) bond motifs is 6. The number of nitrogens with two attached hydrogens (primary N) is 6. The second-order valence-corrected chi connectivity index (χ2v) is 36.8. The quantitative estimate of drug-likeness (QED) is 0.00810. The van der Waals surface area contributed by atoms with Crippen molar-refractivity contribution < 1.29 is 121 Å². The number of aliphatic carboxylic acids is 1. The largest absolute Gasteiger partial charge is 0.480 e. The molecule has 6 saturated heterocycles. The number of hydrogen-bond acceptors (Lipinski definition) is 32. The summed E-state index contributed by atoms with van der Waals surface area (Å²) in [5.41, 5.74) is 18.0. The van der Waals surface area contributed by atoms with E-state index in [1.165, 1.54) is 63.9 Å². The van der Waals surface area contributed by atoms with Gasteiger partial charge in [-0.05, 0) is 201 Å². The molecule has 129 heavy (non-hydrogen) atoms. The zero-order valence-electron chi connectivity index (χ0n) is 74.3. The number of nitrogens with zero attached hydrogens (tertiary/aromatic N) is 10. The van der Waals surface area contributed by atoms with Crippen LogP contribution in [0.5, 0.6) is 0 Å². The van der Waals surface area contributed by atoms with Gasteiger partial charge in [0.25, 0.3) is 0 Å². The summed E-state index contributed by atoms with van der Waals surface area (Å²) >= 11 is 0. The van der Waals surface area contributed by atoms with Gasteiger partial charge in [-0.15, -0.1) is 29.0 Å². The number of urea groups is 3. The number of esters is 3. The lowest BCUT2D eigenvalue weighted by atomic mass is 9.74. The number of rotatable bonds is 25. The predicted molar refractivity (Wildman–Crippen MR) is 465 cm³/mol. The van der Waals surface area contributed by atoms with Crippen LogP contribution in [0.4, 0.5) is 14.4 Å². The van der Waals surface area contributed by atoms with Crippen LogP contribution < -0.4 is 45.7 Å². The molecule has 7 saturated carbocycles. The van der Waals surface area contributed by atoms with Gasteiger partial charge in [-0.25, -0.2) is 40.5 Å². The Balaban J connectivity index is 0.000000266. The van der Waals surface area contributed by atoms with Gasteiger partial charge < -0.3 is 59.8 Å². The van der Waals surface area contributed by atoms with Crippen molar-refractivity contribution in [2.45, 2.75) is 278 Å². The second kappa shape index (κ2) is 53.3. The van der Waals surface area contributed by atoms with Crippen molar-refractivity contribution in [1.82, 2.24) is 61.1 Å². The molecule has 6 aliphatic heterocycles. The van der Waals surface area contributed by atoms with E-state index in [0.29, 0.717) is 179 Å². The molecular weight excluding hydrogens is 1730 g/mol. The monoisotopic (exact) mass is 1870 g/mol. The number of carboxylic acid groups (broad SMARTS) is 1. The molecule has 728 valence electrons. The molecule has 0 unspecified atom stereocenters. The molecule has 19 N–H and O–H groups in total. The molecule has 3 aromatic rings. The minimum atomic E-state index is -4.75. The number of hydrogen-bond donors (Lipinski definition) is 11. The molecule has 46 heteroatoms. The zero-order valence-corrected chi connectivity index (χ0v) is 76.0. The molecule has 6 bridgehead atoms. The van der Waals surface area contributed by atoms with Gasteiger partial charge in [0, 0.05) is 88.8 Å². The summed E-state index contributed by atoms with van der Waals surface area (Å²) in [4.78, 5) is 121. The van der Waals surface area contributed by atoms with Crippen LogP contribution in [0.1, 0.15) is 252 Å². The van der Waals surface area contributed by atoms with Gasteiger partial charge in [-0.1, -0.05) is 84.5 Å². The first-order valence-electron chi connectivity index (χ1n) is 43.6. The Hall–Kier alpha value is -9.30. The van der Waals surface area contributed by atoms with Gasteiger partial charge in [0.05, 0.1) is 37.9 Å². The van der Waals surface area contributed by atoms with Gasteiger partial charge in [0.1, 0.15) is 30.5 Å². The summed E-state index contributed by atoms with van der Waals surface area (Å²) in [5.74, 6) is 25.1. The van der Waals surface area contributed by atoms with Crippen LogP contribution in [0.2, 0.25) is 0 Å². The number of hydrazine groups is 3. The first kappa shape index (κ1) is 110. The summed E-state index contributed by atoms with van der Waals surface area (Å²) < 4.78 is 95.5. The number of carbonyl (C=O) groups is 10. The third-order valence-corrected chi connectivity index (χ3v) is 24.4. The molecule has 1 aromatic carbocycles. The number of carboxylic acids is 1. The SMILES string of the molecule is C.C=CC(=O)OCC.CC1CC(=O)C1.CC1CC(CC(=O)NN)C1.CC1CC(CC(=O)NN)C1.CCOC(=O)C=C1CC(C)C1.CCOC(=O)CC1CC(C)C1.NC1CC(Cc2nnc([C@@H]3CC[C@@H]4CN3C(=O)N4OS(=O)(=O)O)o2)C1.NC1CC(Cc2nnc([C@@H]3CC[C@@H]4CN3C(=O)N4OS(=O)(=O)O)o2)C1.NN.O.O=C(O)[C@@H]1CC[C@@H]2CN1C(=O)N2OCc1ccccc1. The number of Topliss-reactive ketones (excluding diaryl/α,β-unsaturated/α-hetero) is 1. The van der Waals surface area contributed by atoms with Crippen LogP contribution >= 0.6 is 0 Å². The van der Waals surface area contributed by atoms with E-state index in [1.54, 1.807) is 13.0 Å². The second-order valence-electron chi connectivity index (χ2n) is 34.8. The minimum Gasteiger partial charge on any atom is -0.480 e. The Morgan fingerprint density at radius 3 is 1.26 bits per heavy atom. The maximum Gasteiger partial charge on any atom is 0.418 e. The first-order chi connectivity index (χ1) is 60.2. The fourth-order valence-electron chi connectivity index (χ4n) is 17.3. The Morgan fingerprint density at radius 1 is 0.527 bits per heavy atom. The Morgan fingerprint density at radius 2 is 0.915 bits per heavy atom. The maximum absolute atomic E-state index is 12.4. The van der Waals surface area contributed by atoms with Crippen LogP contribution in [-0.4, -0.2) is 222 Å². The maximum atomic E-state index is 12.4. The Kier molecular flexibility index (Phi) is 45.5. The number of benzene rings is 1. The van der Waals surface area contributed by atoms with Crippen LogP contribution in [-0.2, 0) is 101 Å². The molecule has 6 atom stereocenters. The number of ether oxygens (including phenoxy) is 3. The number of carbonyl (C=O) groups excluding carboxylic acids is 9. The third-order valence-electron chi connectivity index (χ3n) is 23.7. The number of ketones is 1. The van der Waals surface area contributed by atoms with Crippen molar-refractivity contribution in [3.63, 3.8) is 0 Å². The molecule has 8 heterocycles. The average Bonchev–Trinajstić information content (AvgIpc) is 1.62. The number of hydroxylamine groups is 6. The number of aromatic nitrogens is 4. The van der Waals surface area contributed by atoms with Crippen molar-refractivity contribution in [2.24, 2.45) is 94.0 Å². The topological polar surface area (TPSA) is 664 Å². The highest BCUT2D eigenvalue weighted by Gasteiger charge is 2.52. The molecule has 2 aromatic heterocycles. The van der Waals surface area contributed by atoms with Crippen molar-refractivity contribution in [2.75, 3.05) is 39.5 Å². The minimum absolute atomic E-state index is 0. The van der Waals surface area contributed by atoms with Crippen molar-refractivity contribution in [3.8, 4) is 0 Å². The van der Waals surface area contributed by atoms with Gasteiger partial charge >= 0.3 is 62.8 Å². The molecule has 13 fully saturated rings. The molecule has 0 spiro atoms. The van der Waals surface area contributed by atoms with Gasteiger partial charge in [0.2, 0.25) is 35.4 Å². The predicted octanol–water partition coefficient (Wildman–Crippen LogP) is 6.59. The zero-order chi connectivity index (χ0) is 93.6. The van der Waals surface area contributed by atoms with E-state index >= 15 is 0 Å². The summed E-state index contributed by atoms with van der Waals surface area (Å²) in [6.45, 7) is 22.2. The number of piperidine rings is 3. The third kappa shape index (κ3) is 35.4. The van der Waals surface area contributed by atoms with E-state index in [4.69, 9.17) is 60.5 Å². The van der Waals surface area contributed by atoms with Crippen LogP contribution in [0, 0.1) is 59.2 Å². The van der Waals surface area contributed by atoms with Crippen LogP contribution in [0.25, 0.3) is 0 Å². The normalized spacial score (nSPS) is 27.1. The molecule has 13 aliphatic rings. The number of amides is 8. The van der Waals surface area contributed by atoms with Crippen LogP contribution in [0.3, 0.4) is 0 Å². The van der Waals surface area contributed by atoms with Gasteiger partial charge in [-0.3, -0.25) is 55.7 Å². The highest BCUT2D eigenvalue weighted by atomic mass is 32.3. The van der Waals surface area contributed by atoms with Crippen molar-refractivity contribution in [3.05, 3.63) is 83.8 Å². The average molecular weight is 1870 g/mol. The molecule has 16 rings (SSSR count). The molecule has 0 radical (unpaired) electrons. The summed E-state index contributed by atoms with van der Waals surface area (Å²) in [6, 6.07) is 5.96. The lowest BCUT2D eigenvalue weighted by molar-refractivity contribution is -0.145. The first-order valence-corrected chi connectivity index (χ1v) is 46.3. The summed E-state index contributed by atoms with van der Waals surface area (Å²) in [7, 11) is -9.51. The van der Waals surface area contributed by atoms with E-state index in [1.807, 2.05) is 44.2 Å². The fourth-order valence-corrected chi connectivity index (χ4v) is 18.1. The van der Waals surface area contributed by atoms with E-state index in [-0.39, 0.29) is 79.9 Å². The summed E-state index contributed by atoms with van der Waals surface area (Å²) in [5, 5.41) is 28.1. The van der Waals surface area contributed by atoms with E-state index < -0.39 is 69.0 Å². The lowest BCUT2D eigenvalue weighted by Crippen LogP contribution is -2.44. The molecular formula is C83H138N18O26S2. The van der Waals surface area contributed by atoms with Crippen LogP contribution in [0.15, 0.2) is 63.5 Å². The van der Waals surface area contributed by atoms with E-state index in [9.17, 15) is 64.8 Å². The molecule has 44 nitrogen and oxygen atoms in total. The van der Waals surface area contributed by atoms with E-state index in [2.05, 4.69) is 97.4 Å².